The maximum absolute atomic E-state index is 13.0. The van der Waals surface area contributed by atoms with E-state index < -0.39 is 17.9 Å². The Bertz CT molecular complexity index is 955. The quantitative estimate of drug-likeness (QED) is 0.528. The molecule has 8 nitrogen and oxygen atoms in total. The van der Waals surface area contributed by atoms with Crippen molar-refractivity contribution in [2.75, 3.05) is 28.4 Å². The van der Waals surface area contributed by atoms with E-state index in [1.165, 1.54) is 28.4 Å². The summed E-state index contributed by atoms with van der Waals surface area (Å²) in [5.41, 5.74) is 1.61. The SMILES string of the molecule is C=CCc1cc(C(=O)NC(CC(=O)O)c2ccc(OC)c(OC)c2)cc(OC)c1OC. The van der Waals surface area contributed by atoms with Crippen molar-refractivity contribution >= 4 is 11.9 Å². The monoisotopic (exact) mass is 429 g/mol. The maximum atomic E-state index is 13.0. The van der Waals surface area contributed by atoms with Crippen LogP contribution in [0.4, 0.5) is 0 Å². The second kappa shape index (κ2) is 10.9. The third-order valence-corrected chi connectivity index (χ3v) is 4.68. The van der Waals surface area contributed by atoms with E-state index in [1.807, 2.05) is 0 Å². The summed E-state index contributed by atoms with van der Waals surface area (Å²) in [7, 11) is 5.99. The first-order chi connectivity index (χ1) is 14.9. The van der Waals surface area contributed by atoms with Crippen LogP contribution in [0.15, 0.2) is 43.0 Å². The van der Waals surface area contributed by atoms with Crippen LogP contribution in [-0.2, 0) is 11.2 Å². The van der Waals surface area contributed by atoms with Gasteiger partial charge in [0, 0.05) is 11.1 Å². The fourth-order valence-corrected chi connectivity index (χ4v) is 3.22. The third kappa shape index (κ3) is 5.69. The number of hydrogen-bond acceptors (Lipinski definition) is 6. The number of nitrogens with one attached hydrogen (secondary N) is 1. The van der Waals surface area contributed by atoms with Crippen LogP contribution in [0, 0.1) is 0 Å². The highest BCUT2D eigenvalue weighted by atomic mass is 16.5. The highest BCUT2D eigenvalue weighted by Gasteiger charge is 2.22. The number of benzene rings is 2. The van der Waals surface area contributed by atoms with E-state index in [1.54, 1.807) is 36.4 Å². The molecule has 0 spiro atoms. The van der Waals surface area contributed by atoms with Gasteiger partial charge < -0.3 is 29.4 Å². The summed E-state index contributed by atoms with van der Waals surface area (Å²) in [6.45, 7) is 3.73. The summed E-state index contributed by atoms with van der Waals surface area (Å²) in [6.07, 6.45) is 1.85. The molecule has 0 heterocycles. The number of rotatable bonds is 11. The fraction of sp³-hybridized carbons (Fsp3) is 0.304. The minimum Gasteiger partial charge on any atom is -0.493 e. The first kappa shape index (κ1) is 23.6. The molecule has 1 atom stereocenters. The number of aliphatic carboxylic acids is 1. The number of ether oxygens (including phenoxy) is 4. The number of hydrogen-bond donors (Lipinski definition) is 2. The Hall–Kier alpha value is -3.68. The van der Waals surface area contributed by atoms with Gasteiger partial charge >= 0.3 is 5.97 Å². The van der Waals surface area contributed by atoms with Crippen molar-refractivity contribution in [1.29, 1.82) is 0 Å². The average molecular weight is 429 g/mol. The van der Waals surface area contributed by atoms with Gasteiger partial charge in [0.1, 0.15) is 0 Å². The fourth-order valence-electron chi connectivity index (χ4n) is 3.22. The number of allylic oxidation sites excluding steroid dienone is 1. The van der Waals surface area contributed by atoms with E-state index in [-0.39, 0.29) is 6.42 Å². The molecule has 2 aromatic rings. The summed E-state index contributed by atoms with van der Waals surface area (Å²) in [5, 5.41) is 12.2. The normalized spacial score (nSPS) is 11.2. The zero-order valence-corrected chi connectivity index (χ0v) is 18.1. The topological polar surface area (TPSA) is 103 Å². The Morgan fingerprint density at radius 1 is 1.00 bits per heavy atom. The number of carboxylic acids is 1. The van der Waals surface area contributed by atoms with Gasteiger partial charge in [0.2, 0.25) is 0 Å². The summed E-state index contributed by atoms with van der Waals surface area (Å²) >= 11 is 0. The Balaban J connectivity index is 2.42. The van der Waals surface area contributed by atoms with Crippen molar-refractivity contribution in [1.82, 2.24) is 5.32 Å². The summed E-state index contributed by atoms with van der Waals surface area (Å²) < 4.78 is 21.3. The molecular formula is C23H27NO7. The number of carbonyl (C=O) groups excluding carboxylic acids is 1. The lowest BCUT2D eigenvalue weighted by molar-refractivity contribution is -0.137. The van der Waals surface area contributed by atoms with Gasteiger partial charge in [0.15, 0.2) is 23.0 Å². The number of amides is 1. The minimum absolute atomic E-state index is 0.311. The molecule has 0 bridgehead atoms. The molecule has 2 rings (SSSR count). The molecule has 8 heteroatoms. The Morgan fingerprint density at radius 3 is 2.23 bits per heavy atom. The van der Waals surface area contributed by atoms with Crippen LogP contribution in [0.3, 0.4) is 0 Å². The van der Waals surface area contributed by atoms with E-state index in [0.29, 0.717) is 40.5 Å². The second-order valence-electron chi connectivity index (χ2n) is 6.60. The molecule has 31 heavy (non-hydrogen) atoms. The van der Waals surface area contributed by atoms with Crippen LogP contribution >= 0.6 is 0 Å². The zero-order chi connectivity index (χ0) is 23.0. The van der Waals surface area contributed by atoms with Gasteiger partial charge in [-0.2, -0.15) is 0 Å². The predicted octanol–water partition coefficient (Wildman–Crippen LogP) is 3.40. The smallest absolute Gasteiger partial charge is 0.305 e. The highest BCUT2D eigenvalue weighted by Crippen LogP contribution is 2.34. The molecule has 0 fully saturated rings. The van der Waals surface area contributed by atoms with Crippen LogP contribution in [0.5, 0.6) is 23.0 Å². The highest BCUT2D eigenvalue weighted by molar-refractivity contribution is 5.95. The van der Waals surface area contributed by atoms with Crippen molar-refractivity contribution in [2.45, 2.75) is 18.9 Å². The first-order valence-corrected chi connectivity index (χ1v) is 9.48. The van der Waals surface area contributed by atoms with Gasteiger partial charge in [-0.3, -0.25) is 9.59 Å². The summed E-state index contributed by atoms with van der Waals surface area (Å²) in [6, 6.07) is 7.42. The average Bonchev–Trinajstić information content (AvgIpc) is 2.77. The summed E-state index contributed by atoms with van der Waals surface area (Å²) in [5.74, 6) is 0.338. The number of methoxy groups -OCH3 is 4. The molecule has 0 aromatic heterocycles. The molecule has 1 amide bonds. The molecule has 0 aliphatic carbocycles. The van der Waals surface area contributed by atoms with Crippen molar-refractivity contribution in [3.63, 3.8) is 0 Å². The van der Waals surface area contributed by atoms with Gasteiger partial charge in [0.05, 0.1) is 40.9 Å². The zero-order valence-electron chi connectivity index (χ0n) is 18.1. The van der Waals surface area contributed by atoms with Crippen molar-refractivity contribution < 1.29 is 33.6 Å². The molecule has 0 aliphatic rings. The van der Waals surface area contributed by atoms with Crippen LogP contribution in [-0.4, -0.2) is 45.4 Å². The molecule has 0 saturated heterocycles. The Labute approximate surface area is 181 Å². The van der Waals surface area contributed by atoms with Crippen LogP contribution < -0.4 is 24.3 Å². The molecule has 1 unspecified atom stereocenters. The van der Waals surface area contributed by atoms with Gasteiger partial charge in [-0.05, 0) is 36.2 Å². The lowest BCUT2D eigenvalue weighted by Gasteiger charge is -2.20. The van der Waals surface area contributed by atoms with Crippen molar-refractivity contribution in [3.8, 4) is 23.0 Å². The van der Waals surface area contributed by atoms with E-state index >= 15 is 0 Å². The molecule has 0 aliphatic heterocycles. The lowest BCUT2D eigenvalue weighted by atomic mass is 10.0. The molecule has 0 radical (unpaired) electrons. The van der Waals surface area contributed by atoms with Crippen LogP contribution in [0.1, 0.15) is 33.9 Å². The second-order valence-corrected chi connectivity index (χ2v) is 6.60. The van der Waals surface area contributed by atoms with Gasteiger partial charge in [-0.1, -0.05) is 12.1 Å². The van der Waals surface area contributed by atoms with E-state index in [9.17, 15) is 14.7 Å². The van der Waals surface area contributed by atoms with Crippen molar-refractivity contribution in [3.05, 3.63) is 59.7 Å². The Morgan fingerprint density at radius 2 is 1.68 bits per heavy atom. The molecule has 2 aromatic carbocycles. The molecule has 2 N–H and O–H groups in total. The van der Waals surface area contributed by atoms with Crippen LogP contribution in [0.25, 0.3) is 0 Å². The van der Waals surface area contributed by atoms with E-state index in [2.05, 4.69) is 11.9 Å². The lowest BCUT2D eigenvalue weighted by Crippen LogP contribution is -2.30. The van der Waals surface area contributed by atoms with Gasteiger partial charge in [-0.15, -0.1) is 6.58 Å². The van der Waals surface area contributed by atoms with E-state index in [0.717, 1.165) is 5.56 Å². The molecular weight excluding hydrogens is 402 g/mol. The standard InChI is InChI=1S/C23H27NO7/c1-6-7-15-10-16(12-20(30-4)22(15)31-5)23(27)24-17(13-21(25)26)14-8-9-18(28-2)19(11-14)29-3/h6,8-12,17H,1,7,13H2,2-5H3,(H,24,27)(H,25,26). The van der Waals surface area contributed by atoms with Gasteiger partial charge in [0.25, 0.3) is 5.91 Å². The van der Waals surface area contributed by atoms with Crippen molar-refractivity contribution in [2.24, 2.45) is 0 Å². The predicted molar refractivity (Wildman–Crippen MR) is 115 cm³/mol. The van der Waals surface area contributed by atoms with E-state index in [4.69, 9.17) is 18.9 Å². The number of carboxylic acid groups (broad SMARTS) is 1. The molecule has 0 saturated carbocycles. The van der Waals surface area contributed by atoms with Crippen LogP contribution in [0.2, 0.25) is 0 Å². The largest absolute Gasteiger partial charge is 0.493 e. The first-order valence-electron chi connectivity index (χ1n) is 9.48. The Kier molecular flexibility index (Phi) is 8.31. The summed E-state index contributed by atoms with van der Waals surface area (Å²) in [4.78, 5) is 24.5. The number of carbonyl (C=O) groups is 2. The third-order valence-electron chi connectivity index (χ3n) is 4.68. The minimum atomic E-state index is -1.06. The molecule has 166 valence electrons. The maximum Gasteiger partial charge on any atom is 0.305 e. The van der Waals surface area contributed by atoms with Gasteiger partial charge in [-0.25, -0.2) is 0 Å².